The van der Waals surface area contributed by atoms with Crippen molar-refractivity contribution in [3.05, 3.63) is 65.0 Å². The summed E-state index contributed by atoms with van der Waals surface area (Å²) in [5, 5.41) is 11.6. The molecule has 0 aliphatic rings. The van der Waals surface area contributed by atoms with Crippen molar-refractivity contribution in [2.45, 2.75) is 13.5 Å². The van der Waals surface area contributed by atoms with Crippen molar-refractivity contribution >= 4 is 5.91 Å². The van der Waals surface area contributed by atoms with Crippen LogP contribution in [-0.2, 0) is 6.54 Å². The van der Waals surface area contributed by atoms with Crippen LogP contribution in [0.5, 0.6) is 0 Å². The van der Waals surface area contributed by atoms with Crippen LogP contribution in [-0.4, -0.2) is 22.6 Å². The average molecular weight is 280 g/mol. The molecule has 4 heteroatoms. The number of hydrogen-bond donors (Lipinski definition) is 2. The molecule has 0 atom stereocenters. The summed E-state index contributed by atoms with van der Waals surface area (Å²) in [5.41, 5.74) is 3.32. The van der Waals surface area contributed by atoms with Crippen LogP contribution in [0.2, 0.25) is 0 Å². The highest BCUT2D eigenvalue weighted by molar-refractivity contribution is 5.94. The number of aryl methyl sites for hydroxylation is 1. The lowest BCUT2D eigenvalue weighted by Gasteiger charge is -2.07. The number of benzene rings is 1. The maximum Gasteiger partial charge on any atom is 0.251 e. The molecular weight excluding hydrogens is 264 g/mol. The molecule has 0 aliphatic carbocycles. The van der Waals surface area contributed by atoms with E-state index in [0.717, 1.165) is 16.7 Å². The van der Waals surface area contributed by atoms with Crippen LogP contribution < -0.4 is 5.32 Å². The quantitative estimate of drug-likeness (QED) is 0.841. The summed E-state index contributed by atoms with van der Waals surface area (Å²) in [6.07, 6.45) is 3.39. The number of rotatable bonds is 3. The standard InChI is InChI=1S/C17H16N2O2/c1-13-11-16(5-4-15(13)3-2-10-20)17(21)19-12-14-6-8-18-9-7-14/h4-9,11,20H,10,12H2,1H3,(H,19,21). The van der Waals surface area contributed by atoms with Crippen molar-refractivity contribution in [3.8, 4) is 11.8 Å². The average Bonchev–Trinajstić information content (AvgIpc) is 2.52. The van der Waals surface area contributed by atoms with E-state index in [1.807, 2.05) is 19.1 Å². The topological polar surface area (TPSA) is 62.2 Å². The van der Waals surface area contributed by atoms with Gasteiger partial charge in [0.15, 0.2) is 0 Å². The number of pyridine rings is 1. The summed E-state index contributed by atoms with van der Waals surface area (Å²) in [6.45, 7) is 2.18. The van der Waals surface area contributed by atoms with E-state index in [-0.39, 0.29) is 12.5 Å². The van der Waals surface area contributed by atoms with Gasteiger partial charge >= 0.3 is 0 Å². The van der Waals surface area contributed by atoms with Gasteiger partial charge in [0.2, 0.25) is 0 Å². The molecule has 0 spiro atoms. The van der Waals surface area contributed by atoms with Crippen LogP contribution in [0.4, 0.5) is 0 Å². The molecule has 0 fully saturated rings. The summed E-state index contributed by atoms with van der Waals surface area (Å²) in [5.74, 6) is 5.32. The third kappa shape index (κ3) is 4.16. The highest BCUT2D eigenvalue weighted by Gasteiger charge is 2.06. The van der Waals surface area contributed by atoms with Crippen LogP contribution in [0.3, 0.4) is 0 Å². The molecule has 0 radical (unpaired) electrons. The van der Waals surface area contributed by atoms with Crippen LogP contribution in [0.15, 0.2) is 42.7 Å². The Morgan fingerprint density at radius 2 is 2.05 bits per heavy atom. The molecule has 1 aromatic heterocycles. The Kier molecular flexibility index (Phi) is 5.08. The van der Waals surface area contributed by atoms with Gasteiger partial charge in [0.25, 0.3) is 5.91 Å². The summed E-state index contributed by atoms with van der Waals surface area (Å²) in [6, 6.07) is 9.04. The molecule has 106 valence electrons. The van der Waals surface area contributed by atoms with E-state index in [1.165, 1.54) is 0 Å². The van der Waals surface area contributed by atoms with Gasteiger partial charge in [-0.1, -0.05) is 11.8 Å². The third-order valence-electron chi connectivity index (χ3n) is 2.99. The first-order chi connectivity index (χ1) is 10.2. The first kappa shape index (κ1) is 14.8. The zero-order valence-corrected chi connectivity index (χ0v) is 11.8. The Hall–Kier alpha value is -2.64. The summed E-state index contributed by atoms with van der Waals surface area (Å²) < 4.78 is 0. The Labute approximate surface area is 123 Å². The van der Waals surface area contributed by atoms with E-state index in [4.69, 9.17) is 5.11 Å². The number of aliphatic hydroxyl groups is 1. The molecule has 2 aromatic rings. The first-order valence-corrected chi connectivity index (χ1v) is 6.58. The van der Waals surface area contributed by atoms with Crippen molar-refractivity contribution in [2.75, 3.05) is 6.61 Å². The van der Waals surface area contributed by atoms with Gasteiger partial charge in [-0.15, -0.1) is 0 Å². The molecule has 1 aromatic carbocycles. The highest BCUT2D eigenvalue weighted by atomic mass is 16.2. The molecule has 2 N–H and O–H groups in total. The fourth-order valence-electron chi connectivity index (χ4n) is 1.86. The van der Waals surface area contributed by atoms with Crippen molar-refractivity contribution in [1.82, 2.24) is 10.3 Å². The van der Waals surface area contributed by atoms with Crippen LogP contribution >= 0.6 is 0 Å². The fourth-order valence-corrected chi connectivity index (χ4v) is 1.86. The van der Waals surface area contributed by atoms with E-state index >= 15 is 0 Å². The lowest BCUT2D eigenvalue weighted by Crippen LogP contribution is -2.22. The molecule has 0 aliphatic heterocycles. The van der Waals surface area contributed by atoms with Gasteiger partial charge in [0.05, 0.1) is 0 Å². The molecule has 21 heavy (non-hydrogen) atoms. The molecule has 0 unspecified atom stereocenters. The Morgan fingerprint density at radius 1 is 1.29 bits per heavy atom. The first-order valence-electron chi connectivity index (χ1n) is 6.58. The molecule has 0 saturated carbocycles. The largest absolute Gasteiger partial charge is 0.384 e. The van der Waals surface area contributed by atoms with Crippen LogP contribution in [0.1, 0.15) is 27.0 Å². The summed E-state index contributed by atoms with van der Waals surface area (Å²) in [7, 11) is 0. The molecule has 0 bridgehead atoms. The van der Waals surface area contributed by atoms with E-state index in [1.54, 1.807) is 30.6 Å². The number of amides is 1. The van der Waals surface area contributed by atoms with Gasteiger partial charge in [-0.2, -0.15) is 0 Å². The van der Waals surface area contributed by atoms with Gasteiger partial charge < -0.3 is 10.4 Å². The maximum absolute atomic E-state index is 12.1. The predicted octanol–water partition coefficient (Wildman–Crippen LogP) is 1.66. The minimum absolute atomic E-state index is 0.128. The van der Waals surface area contributed by atoms with E-state index in [2.05, 4.69) is 22.1 Å². The molecule has 2 rings (SSSR count). The van der Waals surface area contributed by atoms with Crippen LogP contribution in [0, 0.1) is 18.8 Å². The second kappa shape index (κ2) is 7.22. The Morgan fingerprint density at radius 3 is 2.71 bits per heavy atom. The third-order valence-corrected chi connectivity index (χ3v) is 2.99. The summed E-state index contributed by atoms with van der Waals surface area (Å²) in [4.78, 5) is 16.0. The minimum Gasteiger partial charge on any atom is -0.384 e. The van der Waals surface area contributed by atoms with Gasteiger partial charge in [-0.25, -0.2) is 0 Å². The maximum atomic E-state index is 12.1. The Bertz CT molecular complexity index is 685. The highest BCUT2D eigenvalue weighted by Crippen LogP contribution is 2.10. The summed E-state index contributed by atoms with van der Waals surface area (Å²) >= 11 is 0. The van der Waals surface area contributed by atoms with Gasteiger partial charge in [-0.3, -0.25) is 9.78 Å². The minimum atomic E-state index is -0.173. The number of aromatic nitrogens is 1. The van der Waals surface area contributed by atoms with Crippen molar-refractivity contribution in [2.24, 2.45) is 0 Å². The lowest BCUT2D eigenvalue weighted by atomic mass is 10.0. The second-order valence-corrected chi connectivity index (χ2v) is 4.53. The number of aliphatic hydroxyl groups excluding tert-OH is 1. The van der Waals surface area contributed by atoms with E-state index in [0.29, 0.717) is 12.1 Å². The van der Waals surface area contributed by atoms with E-state index in [9.17, 15) is 4.79 Å². The van der Waals surface area contributed by atoms with Gasteiger partial charge in [-0.05, 0) is 48.4 Å². The van der Waals surface area contributed by atoms with E-state index < -0.39 is 0 Å². The normalized spacial score (nSPS) is 9.62. The molecule has 1 amide bonds. The van der Waals surface area contributed by atoms with Crippen molar-refractivity contribution in [3.63, 3.8) is 0 Å². The number of carbonyl (C=O) groups excluding carboxylic acids is 1. The Balaban J connectivity index is 2.04. The molecule has 0 saturated heterocycles. The van der Waals surface area contributed by atoms with Crippen molar-refractivity contribution < 1.29 is 9.90 Å². The number of hydrogen-bond acceptors (Lipinski definition) is 3. The smallest absolute Gasteiger partial charge is 0.251 e. The van der Waals surface area contributed by atoms with Gasteiger partial charge in [0, 0.05) is 30.1 Å². The van der Waals surface area contributed by atoms with Gasteiger partial charge in [0.1, 0.15) is 6.61 Å². The fraction of sp³-hybridized carbons (Fsp3) is 0.176. The zero-order chi connectivity index (χ0) is 15.1. The number of nitrogens with one attached hydrogen (secondary N) is 1. The monoisotopic (exact) mass is 280 g/mol. The van der Waals surface area contributed by atoms with Crippen LogP contribution in [0.25, 0.3) is 0 Å². The zero-order valence-electron chi connectivity index (χ0n) is 11.8. The van der Waals surface area contributed by atoms with Crippen molar-refractivity contribution in [1.29, 1.82) is 0 Å². The molecular formula is C17H16N2O2. The number of nitrogens with zero attached hydrogens (tertiary/aromatic N) is 1. The molecule has 1 heterocycles. The molecule has 4 nitrogen and oxygen atoms in total. The SMILES string of the molecule is Cc1cc(C(=O)NCc2ccncc2)ccc1C#CCO. The predicted molar refractivity (Wildman–Crippen MR) is 80.6 cm³/mol. The lowest BCUT2D eigenvalue weighted by molar-refractivity contribution is 0.0951. The number of carbonyl (C=O) groups is 1. The second-order valence-electron chi connectivity index (χ2n) is 4.53.